The van der Waals surface area contributed by atoms with Crippen molar-refractivity contribution in [3.8, 4) is 0 Å². The third kappa shape index (κ3) is 2.49. The zero-order valence-corrected chi connectivity index (χ0v) is 11.4. The highest BCUT2D eigenvalue weighted by molar-refractivity contribution is 6.35. The molecule has 0 unspecified atom stereocenters. The van der Waals surface area contributed by atoms with Crippen LogP contribution in [0.15, 0.2) is 30.0 Å². The lowest BCUT2D eigenvalue weighted by molar-refractivity contribution is -0.138. The Morgan fingerprint density at radius 2 is 1.74 bits per heavy atom. The molecule has 2 rings (SSSR count). The minimum Gasteiger partial charge on any atom is -0.502 e. The molecule has 1 aliphatic heterocycles. The lowest BCUT2D eigenvalue weighted by atomic mass is 10.1. The van der Waals surface area contributed by atoms with Crippen LogP contribution in [0.1, 0.15) is 19.4 Å². The fraction of sp³-hybridized carbons (Fsp3) is 0.286. The van der Waals surface area contributed by atoms with Crippen LogP contribution in [0, 0.1) is 5.92 Å². The van der Waals surface area contributed by atoms with Crippen molar-refractivity contribution in [3.05, 3.63) is 40.6 Å². The summed E-state index contributed by atoms with van der Waals surface area (Å²) in [5.41, 5.74) is 0.536. The summed E-state index contributed by atoms with van der Waals surface area (Å²) in [6.45, 7) is 4.09. The molecule has 1 heterocycles. The largest absolute Gasteiger partial charge is 0.502 e. The number of carbonyl (C=O) groups is 2. The van der Waals surface area contributed by atoms with E-state index in [-0.39, 0.29) is 11.5 Å². The van der Waals surface area contributed by atoms with Crippen molar-refractivity contribution in [1.82, 2.24) is 4.90 Å². The maximum atomic E-state index is 12.2. The molecule has 19 heavy (non-hydrogen) atoms. The highest BCUT2D eigenvalue weighted by Gasteiger charge is 2.39. The van der Waals surface area contributed by atoms with Gasteiger partial charge in [-0.3, -0.25) is 14.5 Å². The van der Waals surface area contributed by atoms with Gasteiger partial charge < -0.3 is 5.11 Å². The predicted octanol–water partition coefficient (Wildman–Crippen LogP) is 2.63. The molecule has 0 saturated heterocycles. The number of halogens is 1. The minimum absolute atomic E-state index is 0.0438. The standard InChI is InChI=1S/C14H14ClNO3/c1-8(2)7-16-13(18)11(12(17)14(16)19)9-3-5-10(15)6-4-9/h3-6,8,17H,7H2,1-2H3. The molecule has 0 aliphatic carbocycles. The van der Waals surface area contributed by atoms with Crippen molar-refractivity contribution in [2.24, 2.45) is 5.92 Å². The molecule has 1 N–H and O–H groups in total. The van der Waals surface area contributed by atoms with Gasteiger partial charge in [-0.15, -0.1) is 0 Å². The maximum absolute atomic E-state index is 12.2. The van der Waals surface area contributed by atoms with Gasteiger partial charge >= 0.3 is 0 Å². The van der Waals surface area contributed by atoms with E-state index < -0.39 is 17.6 Å². The molecule has 0 saturated carbocycles. The SMILES string of the molecule is CC(C)CN1C(=O)C(O)=C(c2ccc(Cl)cc2)C1=O. The maximum Gasteiger partial charge on any atom is 0.296 e. The number of imide groups is 1. The van der Waals surface area contributed by atoms with Crippen molar-refractivity contribution in [1.29, 1.82) is 0 Å². The third-order valence-corrected chi connectivity index (χ3v) is 3.08. The molecular weight excluding hydrogens is 266 g/mol. The van der Waals surface area contributed by atoms with Gasteiger partial charge in [-0.2, -0.15) is 0 Å². The predicted molar refractivity (Wildman–Crippen MR) is 72.6 cm³/mol. The summed E-state index contributed by atoms with van der Waals surface area (Å²) in [6.07, 6.45) is 0. The quantitative estimate of drug-likeness (QED) is 0.866. The highest BCUT2D eigenvalue weighted by Crippen LogP contribution is 2.29. The monoisotopic (exact) mass is 279 g/mol. The summed E-state index contributed by atoms with van der Waals surface area (Å²) in [6, 6.07) is 6.44. The van der Waals surface area contributed by atoms with Gasteiger partial charge in [-0.1, -0.05) is 37.6 Å². The van der Waals surface area contributed by atoms with E-state index in [0.29, 0.717) is 17.1 Å². The molecule has 1 aromatic carbocycles. The van der Waals surface area contributed by atoms with Crippen LogP contribution < -0.4 is 0 Å². The van der Waals surface area contributed by atoms with E-state index in [4.69, 9.17) is 11.6 Å². The van der Waals surface area contributed by atoms with Crippen molar-refractivity contribution < 1.29 is 14.7 Å². The van der Waals surface area contributed by atoms with E-state index in [1.165, 1.54) is 0 Å². The van der Waals surface area contributed by atoms with Crippen LogP contribution in [0.4, 0.5) is 0 Å². The van der Waals surface area contributed by atoms with Crippen LogP contribution in [0.5, 0.6) is 0 Å². The Morgan fingerprint density at radius 1 is 1.16 bits per heavy atom. The number of rotatable bonds is 3. The molecule has 0 spiro atoms. The Morgan fingerprint density at radius 3 is 2.26 bits per heavy atom. The topological polar surface area (TPSA) is 57.6 Å². The van der Waals surface area contributed by atoms with Gasteiger partial charge in [0, 0.05) is 11.6 Å². The van der Waals surface area contributed by atoms with E-state index in [0.717, 1.165) is 4.90 Å². The first-order valence-corrected chi connectivity index (χ1v) is 6.35. The Balaban J connectivity index is 2.38. The Kier molecular flexibility index (Phi) is 3.62. The zero-order valence-electron chi connectivity index (χ0n) is 10.7. The second kappa shape index (κ2) is 5.05. The molecule has 0 fully saturated rings. The average Bonchev–Trinajstić information content (AvgIpc) is 2.55. The molecule has 0 bridgehead atoms. The first kappa shape index (κ1) is 13.6. The van der Waals surface area contributed by atoms with E-state index in [9.17, 15) is 14.7 Å². The van der Waals surface area contributed by atoms with Crippen LogP contribution in [0.2, 0.25) is 5.02 Å². The Bertz CT molecular complexity index is 561. The molecule has 0 aromatic heterocycles. The third-order valence-electron chi connectivity index (χ3n) is 2.82. The molecule has 100 valence electrons. The molecular formula is C14H14ClNO3. The number of amides is 2. The molecule has 4 nitrogen and oxygen atoms in total. The van der Waals surface area contributed by atoms with Crippen molar-refractivity contribution in [2.45, 2.75) is 13.8 Å². The van der Waals surface area contributed by atoms with Crippen LogP contribution in [-0.4, -0.2) is 28.4 Å². The average molecular weight is 280 g/mol. The van der Waals surface area contributed by atoms with Gasteiger partial charge in [0.05, 0.1) is 5.57 Å². The molecule has 1 aliphatic rings. The van der Waals surface area contributed by atoms with Gasteiger partial charge in [-0.25, -0.2) is 0 Å². The fourth-order valence-corrected chi connectivity index (χ4v) is 2.10. The van der Waals surface area contributed by atoms with Crippen LogP contribution in [-0.2, 0) is 9.59 Å². The summed E-state index contributed by atoms with van der Waals surface area (Å²) < 4.78 is 0. The molecule has 1 aromatic rings. The zero-order chi connectivity index (χ0) is 14.2. The molecule has 5 heteroatoms. The number of aliphatic hydroxyl groups is 1. The van der Waals surface area contributed by atoms with E-state index in [1.54, 1.807) is 24.3 Å². The van der Waals surface area contributed by atoms with Crippen molar-refractivity contribution in [3.63, 3.8) is 0 Å². The smallest absolute Gasteiger partial charge is 0.296 e. The van der Waals surface area contributed by atoms with Crippen LogP contribution in [0.25, 0.3) is 5.57 Å². The fourth-order valence-electron chi connectivity index (χ4n) is 1.97. The van der Waals surface area contributed by atoms with Crippen LogP contribution in [0.3, 0.4) is 0 Å². The van der Waals surface area contributed by atoms with E-state index in [1.807, 2.05) is 13.8 Å². The Labute approximate surface area is 116 Å². The van der Waals surface area contributed by atoms with E-state index >= 15 is 0 Å². The summed E-state index contributed by atoms with van der Waals surface area (Å²) in [5.74, 6) is -1.44. The molecule has 0 atom stereocenters. The number of nitrogens with zero attached hydrogens (tertiary/aromatic N) is 1. The van der Waals surface area contributed by atoms with Gasteiger partial charge in [0.15, 0.2) is 5.76 Å². The van der Waals surface area contributed by atoms with Gasteiger partial charge in [0.25, 0.3) is 11.8 Å². The van der Waals surface area contributed by atoms with Crippen molar-refractivity contribution >= 4 is 29.0 Å². The number of carbonyl (C=O) groups excluding carboxylic acids is 2. The van der Waals surface area contributed by atoms with Gasteiger partial charge in [-0.05, 0) is 23.6 Å². The van der Waals surface area contributed by atoms with Gasteiger partial charge in [0.2, 0.25) is 0 Å². The summed E-state index contributed by atoms with van der Waals surface area (Å²) in [4.78, 5) is 25.1. The Hall–Kier alpha value is -1.81. The number of hydrogen-bond acceptors (Lipinski definition) is 3. The second-order valence-electron chi connectivity index (χ2n) is 4.85. The van der Waals surface area contributed by atoms with Crippen molar-refractivity contribution in [2.75, 3.05) is 6.54 Å². The number of hydrogen-bond donors (Lipinski definition) is 1. The van der Waals surface area contributed by atoms with Gasteiger partial charge in [0.1, 0.15) is 0 Å². The van der Waals surface area contributed by atoms with Crippen LogP contribution >= 0.6 is 11.6 Å². The summed E-state index contributed by atoms with van der Waals surface area (Å²) >= 11 is 5.78. The first-order valence-electron chi connectivity index (χ1n) is 5.97. The number of benzene rings is 1. The molecule has 2 amide bonds. The van der Waals surface area contributed by atoms with E-state index in [2.05, 4.69) is 0 Å². The minimum atomic E-state index is -0.636. The number of aliphatic hydroxyl groups excluding tert-OH is 1. The lowest BCUT2D eigenvalue weighted by Crippen LogP contribution is -2.34. The summed E-state index contributed by atoms with van der Waals surface area (Å²) in [7, 11) is 0. The summed E-state index contributed by atoms with van der Waals surface area (Å²) in [5, 5.41) is 10.4. The second-order valence-corrected chi connectivity index (χ2v) is 5.28. The lowest BCUT2D eigenvalue weighted by Gasteiger charge is -2.16. The highest BCUT2D eigenvalue weighted by atomic mass is 35.5. The molecule has 0 radical (unpaired) electrons. The first-order chi connectivity index (χ1) is 8.91. The normalized spacial score (nSPS) is 15.9.